The van der Waals surface area contributed by atoms with Crippen molar-refractivity contribution in [3.8, 4) is 44.5 Å². The molecular weight excluding hydrogens is 1080 g/mol. The van der Waals surface area contributed by atoms with E-state index < -0.39 is 5.41 Å². The van der Waals surface area contributed by atoms with Crippen molar-refractivity contribution in [2.75, 3.05) is 9.80 Å². The SMILES string of the molecule is c1ccc(-c2cccc(N(c3ccc4cc5c(cc4c3)C3(c4cc6cc(N(c7cccc(-c8ccccc8)c7)c7cccc8c7oc7ccccc78)ccc6cc4-5)c4ccccc4-c4c3ccc3ccccc43)c3cccc4c3oc3ccccc34)c2)cc1. The van der Waals surface area contributed by atoms with Crippen molar-refractivity contribution in [3.63, 3.8) is 0 Å². The number of hydrogen-bond acceptors (Lipinski definition) is 4. The summed E-state index contributed by atoms with van der Waals surface area (Å²) in [4.78, 5) is 4.78. The second-order valence-electron chi connectivity index (χ2n) is 23.9. The molecule has 17 aromatic rings. The molecule has 89 heavy (non-hydrogen) atoms. The van der Waals surface area contributed by atoms with Crippen molar-refractivity contribution in [2.45, 2.75) is 5.41 Å². The van der Waals surface area contributed by atoms with Crippen LogP contribution in [0.25, 0.3) is 121 Å². The third-order valence-electron chi connectivity index (χ3n) is 19.1. The summed E-state index contributed by atoms with van der Waals surface area (Å²) in [5.41, 5.74) is 23.7. The van der Waals surface area contributed by atoms with Gasteiger partial charge in [-0.25, -0.2) is 0 Å². The summed E-state index contributed by atoms with van der Waals surface area (Å²) in [6, 6.07) is 116. The van der Waals surface area contributed by atoms with Crippen LogP contribution in [0.15, 0.2) is 324 Å². The summed E-state index contributed by atoms with van der Waals surface area (Å²) in [6.45, 7) is 0. The number of para-hydroxylation sites is 4. The molecule has 2 aromatic heterocycles. The van der Waals surface area contributed by atoms with Gasteiger partial charge in [-0.1, -0.05) is 218 Å². The number of rotatable bonds is 8. The number of benzene rings is 15. The second kappa shape index (κ2) is 19.1. The highest BCUT2D eigenvalue weighted by Gasteiger charge is 2.52. The van der Waals surface area contributed by atoms with E-state index in [1.807, 2.05) is 12.1 Å². The number of nitrogens with zero attached hydrogens (tertiary/aromatic N) is 2. The fourth-order valence-electron chi connectivity index (χ4n) is 15.3. The van der Waals surface area contributed by atoms with Gasteiger partial charge in [0.2, 0.25) is 0 Å². The van der Waals surface area contributed by atoms with E-state index in [1.54, 1.807) is 0 Å². The predicted octanol–water partition coefficient (Wildman–Crippen LogP) is 23.6. The van der Waals surface area contributed by atoms with Crippen molar-refractivity contribution in [1.82, 2.24) is 0 Å². The standard InChI is InChI=1S/C85H52N2O2/c1-3-19-53(20-4-1)56-24-15-26-62(45-56)86(78-35-17-32-69-67-29-10-13-37-80(67)88-83(69)78)64-42-39-58-49-72-73-50-59-40-43-65(87(63-27-16-25-57(46-63)54-21-5-2-6-22-54)79-36-18-33-70-68-30-11-14-38-81(68)89-84(70)79)48-61(59)52-77(73)85(76(72)51-60(58)47-64)74-34-12-9-31-71(74)82-66-28-8-7-23-55(66)41-44-75(82)85/h1-52H. The van der Waals surface area contributed by atoms with Gasteiger partial charge in [0.05, 0.1) is 16.8 Å². The van der Waals surface area contributed by atoms with Gasteiger partial charge in [-0.3, -0.25) is 0 Å². The Bertz CT molecular complexity index is 5490. The largest absolute Gasteiger partial charge is 0.454 e. The molecule has 2 aliphatic rings. The Balaban J connectivity index is 0.846. The molecule has 0 unspecified atom stereocenters. The zero-order valence-electron chi connectivity index (χ0n) is 48.2. The van der Waals surface area contributed by atoms with Crippen molar-refractivity contribution in [1.29, 1.82) is 0 Å². The Morgan fingerprint density at radius 2 is 0.674 bits per heavy atom. The molecule has 0 saturated carbocycles. The maximum atomic E-state index is 6.87. The van der Waals surface area contributed by atoms with E-state index in [1.165, 1.54) is 66.1 Å². The molecule has 414 valence electrons. The normalized spacial score (nSPS) is 12.8. The van der Waals surface area contributed by atoms with Gasteiger partial charge in [0.1, 0.15) is 11.2 Å². The molecule has 0 bridgehead atoms. The quantitative estimate of drug-likeness (QED) is 0.152. The zero-order valence-corrected chi connectivity index (χ0v) is 48.2. The summed E-state index contributed by atoms with van der Waals surface area (Å²) in [5, 5.41) is 11.5. The van der Waals surface area contributed by atoms with Gasteiger partial charge >= 0.3 is 0 Å². The number of furan rings is 2. The minimum absolute atomic E-state index is 0.665. The predicted molar refractivity (Wildman–Crippen MR) is 370 cm³/mol. The molecule has 2 aliphatic carbocycles. The van der Waals surface area contributed by atoms with Crippen LogP contribution in [0.4, 0.5) is 34.1 Å². The first kappa shape index (κ1) is 49.5. The molecule has 0 amide bonds. The van der Waals surface area contributed by atoms with Gasteiger partial charge in [0, 0.05) is 44.3 Å². The van der Waals surface area contributed by atoms with Crippen LogP contribution in [0.5, 0.6) is 0 Å². The van der Waals surface area contributed by atoms with Crippen LogP contribution in [-0.2, 0) is 5.41 Å². The Labute approximate surface area is 513 Å². The monoisotopic (exact) mass is 1130 g/mol. The summed E-state index contributed by atoms with van der Waals surface area (Å²) in [5.74, 6) is 0. The van der Waals surface area contributed by atoms with Crippen LogP contribution in [0.2, 0.25) is 0 Å². The summed E-state index contributed by atoms with van der Waals surface area (Å²) >= 11 is 0. The molecule has 19 rings (SSSR count). The zero-order chi connectivity index (χ0) is 58.3. The van der Waals surface area contributed by atoms with Gasteiger partial charge in [0.15, 0.2) is 11.2 Å². The second-order valence-corrected chi connectivity index (χ2v) is 23.9. The van der Waals surface area contributed by atoms with Crippen LogP contribution < -0.4 is 9.80 Å². The molecule has 0 aliphatic heterocycles. The van der Waals surface area contributed by atoms with E-state index in [-0.39, 0.29) is 0 Å². The number of anilines is 6. The first-order valence-electron chi connectivity index (χ1n) is 30.6. The lowest BCUT2D eigenvalue weighted by molar-refractivity contribution is 0.668. The number of hydrogen-bond donors (Lipinski definition) is 0. The lowest BCUT2D eigenvalue weighted by Crippen LogP contribution is -2.26. The fourth-order valence-corrected chi connectivity index (χ4v) is 15.3. The van der Waals surface area contributed by atoms with Crippen molar-refractivity contribution in [2.24, 2.45) is 0 Å². The van der Waals surface area contributed by atoms with Crippen LogP contribution in [-0.4, -0.2) is 0 Å². The molecule has 0 atom stereocenters. The van der Waals surface area contributed by atoms with E-state index in [2.05, 4.69) is 313 Å². The summed E-state index contributed by atoms with van der Waals surface area (Å²) in [7, 11) is 0. The van der Waals surface area contributed by atoms with Gasteiger partial charge in [-0.15, -0.1) is 0 Å². The molecule has 2 heterocycles. The minimum Gasteiger partial charge on any atom is -0.454 e. The highest BCUT2D eigenvalue weighted by Crippen LogP contribution is 2.65. The smallest absolute Gasteiger partial charge is 0.159 e. The van der Waals surface area contributed by atoms with E-state index in [0.717, 1.165) is 111 Å². The van der Waals surface area contributed by atoms with Crippen molar-refractivity contribution < 1.29 is 8.83 Å². The first-order chi connectivity index (χ1) is 44.1. The molecule has 0 fully saturated rings. The van der Waals surface area contributed by atoms with E-state index >= 15 is 0 Å². The molecule has 4 heteroatoms. The maximum absolute atomic E-state index is 6.87. The van der Waals surface area contributed by atoms with Crippen LogP contribution in [0.1, 0.15) is 22.3 Å². The molecule has 0 saturated heterocycles. The van der Waals surface area contributed by atoms with Gasteiger partial charge in [0.25, 0.3) is 0 Å². The Morgan fingerprint density at radius 1 is 0.236 bits per heavy atom. The fraction of sp³-hybridized carbons (Fsp3) is 0.0118. The van der Waals surface area contributed by atoms with Crippen LogP contribution >= 0.6 is 0 Å². The summed E-state index contributed by atoms with van der Waals surface area (Å²) in [6.07, 6.45) is 0. The molecule has 4 nitrogen and oxygen atoms in total. The Morgan fingerprint density at radius 3 is 1.24 bits per heavy atom. The number of fused-ring (bicyclic) bond motifs is 20. The van der Waals surface area contributed by atoms with Crippen LogP contribution in [0.3, 0.4) is 0 Å². The molecule has 1 spiro atoms. The molecular formula is C85H52N2O2. The molecule has 15 aromatic carbocycles. The minimum atomic E-state index is -0.665. The van der Waals surface area contributed by atoms with E-state index in [0.29, 0.717) is 0 Å². The average Bonchev–Trinajstić information content (AvgIpc) is 1.51. The lowest BCUT2D eigenvalue weighted by atomic mass is 9.70. The van der Waals surface area contributed by atoms with Gasteiger partial charge in [-0.2, -0.15) is 0 Å². The first-order valence-corrected chi connectivity index (χ1v) is 30.6. The van der Waals surface area contributed by atoms with Crippen LogP contribution in [0, 0.1) is 0 Å². The Hall–Kier alpha value is -11.7. The van der Waals surface area contributed by atoms with Gasteiger partial charge in [-0.05, 0) is 196 Å². The maximum Gasteiger partial charge on any atom is 0.159 e. The third kappa shape index (κ3) is 7.35. The molecule has 0 N–H and O–H groups in total. The Kier molecular flexibility index (Phi) is 10.7. The molecule has 0 radical (unpaired) electrons. The highest BCUT2D eigenvalue weighted by atomic mass is 16.3. The average molecular weight is 1130 g/mol. The highest BCUT2D eigenvalue weighted by molar-refractivity contribution is 6.14. The van der Waals surface area contributed by atoms with Gasteiger partial charge < -0.3 is 18.6 Å². The topological polar surface area (TPSA) is 32.8 Å². The lowest BCUT2D eigenvalue weighted by Gasteiger charge is -2.31. The van der Waals surface area contributed by atoms with Crippen molar-refractivity contribution in [3.05, 3.63) is 338 Å². The third-order valence-corrected chi connectivity index (χ3v) is 19.1. The van der Waals surface area contributed by atoms with E-state index in [9.17, 15) is 0 Å². The van der Waals surface area contributed by atoms with E-state index in [4.69, 9.17) is 8.83 Å². The summed E-state index contributed by atoms with van der Waals surface area (Å²) < 4.78 is 13.7. The van der Waals surface area contributed by atoms with Crippen molar-refractivity contribution >= 4 is 110 Å².